The highest BCUT2D eigenvalue weighted by Crippen LogP contribution is 2.44. The van der Waals surface area contributed by atoms with Crippen LogP contribution < -0.4 is 10.6 Å². The molecule has 4 aromatic rings. The number of nitrogens with one attached hydrogen (secondary N) is 2. The molecule has 0 unspecified atom stereocenters. The molecule has 1 aliphatic rings. The van der Waals surface area contributed by atoms with Crippen molar-refractivity contribution >= 4 is 11.8 Å². The van der Waals surface area contributed by atoms with Crippen molar-refractivity contribution < 1.29 is 23.5 Å². The maximum atomic E-state index is 14.5. The Hall–Kier alpha value is -4.40. The molecule has 1 aliphatic carbocycles. The second-order valence-electron chi connectivity index (χ2n) is 14.7. The van der Waals surface area contributed by atoms with Gasteiger partial charge in [-0.3, -0.25) is 9.59 Å². The SMILES string of the molecule is C[C@H](c1ccccc1)N(C)C(=O)c1cccc(C(=O)N[C@@H](c2ccccc2)[C@H](O)CNC2(c3cccc(C(C)(C)C)c3)CCC(F)(F)CC2)c1. The summed E-state index contributed by atoms with van der Waals surface area (Å²) >= 11 is 0. The van der Waals surface area contributed by atoms with Crippen LogP contribution in [0.2, 0.25) is 0 Å². The zero-order chi connectivity index (χ0) is 36.1. The van der Waals surface area contributed by atoms with Gasteiger partial charge in [0.25, 0.3) is 11.8 Å². The van der Waals surface area contributed by atoms with Gasteiger partial charge in [0, 0.05) is 43.1 Å². The van der Waals surface area contributed by atoms with Gasteiger partial charge in [-0.15, -0.1) is 0 Å². The fourth-order valence-electron chi connectivity index (χ4n) is 6.73. The molecule has 4 aromatic carbocycles. The van der Waals surface area contributed by atoms with E-state index in [0.29, 0.717) is 11.1 Å². The van der Waals surface area contributed by atoms with Gasteiger partial charge >= 0.3 is 0 Å². The third kappa shape index (κ3) is 8.66. The van der Waals surface area contributed by atoms with E-state index < -0.39 is 29.5 Å². The summed E-state index contributed by atoms with van der Waals surface area (Å²) in [5, 5.41) is 18.2. The Kier molecular flexibility index (Phi) is 11.2. The van der Waals surface area contributed by atoms with Crippen molar-refractivity contribution in [1.82, 2.24) is 15.5 Å². The number of carbonyl (C=O) groups excluding carboxylic acids is 2. The number of aliphatic hydroxyl groups excluding tert-OH is 1. The average Bonchev–Trinajstić information content (AvgIpc) is 3.13. The molecule has 6 nitrogen and oxygen atoms in total. The minimum atomic E-state index is -2.74. The average molecular weight is 682 g/mol. The van der Waals surface area contributed by atoms with Crippen molar-refractivity contribution in [3.8, 4) is 0 Å². The second-order valence-corrected chi connectivity index (χ2v) is 14.7. The quantitative estimate of drug-likeness (QED) is 0.149. The fraction of sp³-hybridized carbons (Fsp3) is 0.381. The normalized spacial score (nSPS) is 17.3. The van der Waals surface area contributed by atoms with E-state index in [2.05, 4.69) is 43.5 Å². The van der Waals surface area contributed by atoms with Crippen molar-refractivity contribution in [2.24, 2.45) is 0 Å². The van der Waals surface area contributed by atoms with Crippen molar-refractivity contribution in [2.45, 2.75) is 88.4 Å². The van der Waals surface area contributed by atoms with Crippen molar-refractivity contribution in [2.75, 3.05) is 13.6 Å². The Labute approximate surface area is 294 Å². The van der Waals surface area contributed by atoms with Crippen molar-refractivity contribution in [1.29, 1.82) is 0 Å². The molecule has 3 atom stereocenters. The van der Waals surface area contributed by atoms with E-state index in [-0.39, 0.29) is 55.2 Å². The van der Waals surface area contributed by atoms with E-state index in [1.165, 1.54) is 0 Å². The van der Waals surface area contributed by atoms with Crippen LogP contribution in [0.3, 0.4) is 0 Å². The lowest BCUT2D eigenvalue weighted by molar-refractivity contribution is -0.0586. The zero-order valence-corrected chi connectivity index (χ0v) is 29.6. The number of hydrogen-bond donors (Lipinski definition) is 3. The van der Waals surface area contributed by atoms with Crippen LogP contribution >= 0.6 is 0 Å². The first-order valence-electron chi connectivity index (χ1n) is 17.4. The topological polar surface area (TPSA) is 81.7 Å². The molecular weight excluding hydrogens is 632 g/mol. The Bertz CT molecular complexity index is 1750. The molecule has 264 valence electrons. The molecule has 8 heteroatoms. The maximum Gasteiger partial charge on any atom is 0.254 e. The summed E-state index contributed by atoms with van der Waals surface area (Å²) in [7, 11) is 1.74. The molecule has 0 radical (unpaired) electrons. The number of carbonyl (C=O) groups is 2. The first-order valence-corrected chi connectivity index (χ1v) is 17.4. The minimum absolute atomic E-state index is 0.0475. The van der Waals surface area contributed by atoms with Crippen LogP contribution in [0, 0.1) is 0 Å². The molecule has 0 heterocycles. The number of halogens is 2. The van der Waals surface area contributed by atoms with Gasteiger partial charge in [0.2, 0.25) is 5.92 Å². The number of nitrogens with zero attached hydrogens (tertiary/aromatic N) is 1. The van der Waals surface area contributed by atoms with Gasteiger partial charge in [0.1, 0.15) is 0 Å². The molecule has 50 heavy (non-hydrogen) atoms. The molecule has 0 bridgehead atoms. The van der Waals surface area contributed by atoms with E-state index in [1.807, 2.05) is 79.7 Å². The number of rotatable bonds is 11. The second kappa shape index (κ2) is 15.2. The Morgan fingerprint density at radius 2 is 1.38 bits per heavy atom. The van der Waals surface area contributed by atoms with Crippen LogP contribution in [-0.2, 0) is 11.0 Å². The molecule has 0 spiro atoms. The molecule has 5 rings (SSSR count). The van der Waals surface area contributed by atoms with E-state index in [9.17, 15) is 23.5 Å². The Balaban J connectivity index is 1.36. The highest BCUT2D eigenvalue weighted by molar-refractivity contribution is 5.99. The lowest BCUT2D eigenvalue weighted by atomic mass is 9.73. The third-order valence-electron chi connectivity index (χ3n) is 10.2. The summed E-state index contributed by atoms with van der Waals surface area (Å²) in [5.41, 5.74) is 3.46. The first kappa shape index (κ1) is 36.9. The van der Waals surface area contributed by atoms with E-state index in [4.69, 9.17) is 0 Å². The summed E-state index contributed by atoms with van der Waals surface area (Å²) in [4.78, 5) is 28.9. The fourth-order valence-corrected chi connectivity index (χ4v) is 6.73. The van der Waals surface area contributed by atoms with Crippen LogP contribution in [0.4, 0.5) is 8.78 Å². The summed E-state index contributed by atoms with van der Waals surface area (Å²) in [6.45, 7) is 8.35. The largest absolute Gasteiger partial charge is 0.389 e. The third-order valence-corrected chi connectivity index (χ3v) is 10.2. The predicted molar refractivity (Wildman–Crippen MR) is 194 cm³/mol. The molecule has 1 fully saturated rings. The number of alkyl halides is 2. The van der Waals surface area contributed by atoms with Gasteiger partial charge in [0.05, 0.1) is 18.2 Å². The van der Waals surface area contributed by atoms with Crippen LogP contribution in [0.15, 0.2) is 109 Å². The lowest BCUT2D eigenvalue weighted by Crippen LogP contribution is -2.51. The number of benzene rings is 4. The van der Waals surface area contributed by atoms with E-state index >= 15 is 0 Å². The number of hydrogen-bond acceptors (Lipinski definition) is 4. The predicted octanol–water partition coefficient (Wildman–Crippen LogP) is 8.34. The monoisotopic (exact) mass is 681 g/mol. The van der Waals surface area contributed by atoms with Gasteiger partial charge in [-0.05, 0) is 65.6 Å². The maximum absolute atomic E-state index is 14.5. The summed E-state index contributed by atoms with van der Waals surface area (Å²) < 4.78 is 29.0. The molecule has 2 amide bonds. The van der Waals surface area contributed by atoms with Gasteiger partial charge in [-0.25, -0.2) is 8.78 Å². The van der Waals surface area contributed by atoms with Crippen LogP contribution in [-0.4, -0.2) is 47.4 Å². The van der Waals surface area contributed by atoms with E-state index in [1.54, 1.807) is 36.2 Å². The van der Waals surface area contributed by atoms with Gasteiger partial charge in [-0.2, -0.15) is 0 Å². The molecular formula is C42H49F2N3O3. The molecule has 1 saturated carbocycles. The highest BCUT2D eigenvalue weighted by atomic mass is 19.3. The number of amides is 2. The Morgan fingerprint density at radius 3 is 2.00 bits per heavy atom. The summed E-state index contributed by atoms with van der Waals surface area (Å²) in [5.74, 6) is -3.41. The van der Waals surface area contributed by atoms with Crippen LogP contribution in [0.1, 0.15) is 108 Å². The first-order chi connectivity index (χ1) is 23.7. The van der Waals surface area contributed by atoms with Gasteiger partial charge in [-0.1, -0.05) is 112 Å². The van der Waals surface area contributed by atoms with Crippen LogP contribution in [0.25, 0.3) is 0 Å². The van der Waals surface area contributed by atoms with Crippen LogP contribution in [0.5, 0.6) is 0 Å². The minimum Gasteiger partial charge on any atom is -0.389 e. The van der Waals surface area contributed by atoms with E-state index in [0.717, 1.165) is 16.7 Å². The molecule has 0 aliphatic heterocycles. The van der Waals surface area contributed by atoms with Crippen molar-refractivity contribution in [3.63, 3.8) is 0 Å². The lowest BCUT2D eigenvalue weighted by Gasteiger charge is -2.43. The van der Waals surface area contributed by atoms with Gasteiger partial charge < -0.3 is 20.6 Å². The number of aliphatic hydroxyl groups is 1. The van der Waals surface area contributed by atoms with Gasteiger partial charge in [0.15, 0.2) is 0 Å². The standard InChI is InChI=1S/C42H49F2N3O3/c1-29(30-14-8-6-9-15-30)47(5)39(50)33-19-12-18-32(26-33)38(49)46-37(31-16-10-7-11-17-31)36(48)28-45-41(22-24-42(43,44)25-23-41)35-21-13-20-34(27-35)40(2,3)4/h6-21,26-27,29,36-37,45,48H,22-25,28H2,1-5H3,(H,46,49)/t29-,36-,37+/m1/s1. The Morgan fingerprint density at radius 1 is 0.800 bits per heavy atom. The molecule has 0 aromatic heterocycles. The molecule has 0 saturated heterocycles. The molecule has 3 N–H and O–H groups in total. The zero-order valence-electron chi connectivity index (χ0n) is 29.6. The van der Waals surface area contributed by atoms with Crippen molar-refractivity contribution in [3.05, 3.63) is 143 Å². The summed E-state index contributed by atoms with van der Waals surface area (Å²) in [6, 6.07) is 32.6. The smallest absolute Gasteiger partial charge is 0.254 e. The highest BCUT2D eigenvalue weighted by Gasteiger charge is 2.45. The summed E-state index contributed by atoms with van der Waals surface area (Å²) in [6.07, 6.45) is -1.21.